The fraction of sp³-hybridized carbons (Fsp3) is 0.529. The maximum absolute atomic E-state index is 12.2. The zero-order valence-electron chi connectivity index (χ0n) is 13.7. The molecule has 1 heterocycles. The molecule has 1 aromatic rings. The molecule has 0 aromatic heterocycles. The summed E-state index contributed by atoms with van der Waals surface area (Å²) < 4.78 is 0. The first-order chi connectivity index (χ1) is 11.0. The molecule has 1 saturated heterocycles. The molecule has 2 rings (SSSR count). The zero-order chi connectivity index (χ0) is 16.8. The first-order valence-electron chi connectivity index (χ1n) is 8.06. The van der Waals surface area contributed by atoms with Gasteiger partial charge in [-0.2, -0.15) is 0 Å². The first-order valence-corrected chi connectivity index (χ1v) is 8.44. The van der Waals surface area contributed by atoms with E-state index in [4.69, 9.17) is 11.6 Å². The highest BCUT2D eigenvalue weighted by molar-refractivity contribution is 6.33. The van der Waals surface area contributed by atoms with Gasteiger partial charge in [-0.25, -0.2) is 0 Å². The fourth-order valence-corrected chi connectivity index (χ4v) is 2.75. The summed E-state index contributed by atoms with van der Waals surface area (Å²) in [5.74, 6) is 0.206. The lowest BCUT2D eigenvalue weighted by molar-refractivity contribution is -0.136. The molecule has 0 bridgehead atoms. The topological polar surface area (TPSA) is 52.7 Å². The second-order valence-electron chi connectivity index (χ2n) is 5.94. The number of amides is 2. The third-order valence-corrected chi connectivity index (χ3v) is 4.56. The van der Waals surface area contributed by atoms with Crippen LogP contribution in [0.2, 0.25) is 5.02 Å². The minimum Gasteiger partial charge on any atom is -0.340 e. The van der Waals surface area contributed by atoms with E-state index in [1.54, 1.807) is 12.1 Å². The molecular formula is C17H24ClN3O2. The zero-order valence-corrected chi connectivity index (χ0v) is 14.5. The van der Waals surface area contributed by atoms with Crippen molar-refractivity contribution < 1.29 is 9.59 Å². The van der Waals surface area contributed by atoms with Crippen LogP contribution in [0.1, 0.15) is 20.3 Å². The molecule has 1 atom stereocenters. The number of hydrogen-bond acceptors (Lipinski definition) is 3. The van der Waals surface area contributed by atoms with E-state index in [2.05, 4.69) is 10.2 Å². The molecule has 5 nitrogen and oxygen atoms in total. The van der Waals surface area contributed by atoms with Crippen molar-refractivity contribution in [2.24, 2.45) is 5.92 Å². The lowest BCUT2D eigenvalue weighted by atomic mass is 10.1. The number of nitrogens with zero attached hydrogens (tertiary/aromatic N) is 2. The molecule has 23 heavy (non-hydrogen) atoms. The van der Waals surface area contributed by atoms with Crippen LogP contribution in [0.15, 0.2) is 24.3 Å². The maximum Gasteiger partial charge on any atom is 0.238 e. The van der Waals surface area contributed by atoms with Crippen LogP contribution in [0, 0.1) is 5.92 Å². The number of benzene rings is 1. The van der Waals surface area contributed by atoms with Crippen LogP contribution in [-0.4, -0.2) is 54.3 Å². The largest absolute Gasteiger partial charge is 0.340 e. The summed E-state index contributed by atoms with van der Waals surface area (Å²) in [6.07, 6.45) is 0.860. The van der Waals surface area contributed by atoms with Crippen LogP contribution < -0.4 is 5.32 Å². The van der Waals surface area contributed by atoms with E-state index in [1.165, 1.54) is 0 Å². The minimum absolute atomic E-state index is 0.0741. The van der Waals surface area contributed by atoms with Gasteiger partial charge in [-0.05, 0) is 18.6 Å². The van der Waals surface area contributed by atoms with E-state index < -0.39 is 0 Å². The Balaban J connectivity index is 1.79. The summed E-state index contributed by atoms with van der Waals surface area (Å²) in [5, 5.41) is 3.36. The van der Waals surface area contributed by atoms with Crippen molar-refractivity contribution >= 4 is 29.1 Å². The fourth-order valence-electron chi connectivity index (χ4n) is 2.57. The van der Waals surface area contributed by atoms with E-state index in [1.807, 2.05) is 30.9 Å². The molecule has 6 heteroatoms. The summed E-state index contributed by atoms with van der Waals surface area (Å²) in [4.78, 5) is 28.2. The molecule has 126 valence electrons. The Kier molecular flexibility index (Phi) is 6.42. The number of para-hydroxylation sites is 1. The summed E-state index contributed by atoms with van der Waals surface area (Å²) in [7, 11) is 0. The number of carbonyl (C=O) groups is 2. The van der Waals surface area contributed by atoms with Gasteiger partial charge in [0.05, 0.1) is 17.3 Å². The maximum atomic E-state index is 12.2. The average molecular weight is 338 g/mol. The van der Waals surface area contributed by atoms with Gasteiger partial charge >= 0.3 is 0 Å². The molecule has 0 aliphatic carbocycles. The van der Waals surface area contributed by atoms with Gasteiger partial charge in [0.1, 0.15) is 0 Å². The van der Waals surface area contributed by atoms with E-state index in [0.717, 1.165) is 19.5 Å². The Hall–Kier alpha value is -1.59. The van der Waals surface area contributed by atoms with Crippen LogP contribution in [0.5, 0.6) is 0 Å². The predicted octanol–water partition coefficient (Wildman–Crippen LogP) is 2.47. The molecule has 1 aliphatic rings. The summed E-state index contributed by atoms with van der Waals surface area (Å²) >= 11 is 6.04. The second-order valence-corrected chi connectivity index (χ2v) is 6.35. The quantitative estimate of drug-likeness (QED) is 0.898. The molecule has 0 saturated carbocycles. The highest BCUT2D eigenvalue weighted by Gasteiger charge is 2.24. The molecule has 1 fully saturated rings. The van der Waals surface area contributed by atoms with Gasteiger partial charge in [-0.1, -0.05) is 37.6 Å². The normalized spacial score (nSPS) is 16.9. The van der Waals surface area contributed by atoms with Crippen LogP contribution in [0.3, 0.4) is 0 Å². The third kappa shape index (κ3) is 4.94. The molecule has 2 amide bonds. The van der Waals surface area contributed by atoms with Crippen molar-refractivity contribution in [2.45, 2.75) is 20.3 Å². The van der Waals surface area contributed by atoms with Gasteiger partial charge in [0, 0.05) is 32.1 Å². The number of anilines is 1. The van der Waals surface area contributed by atoms with E-state index >= 15 is 0 Å². The smallest absolute Gasteiger partial charge is 0.238 e. The third-order valence-electron chi connectivity index (χ3n) is 4.23. The number of hydrogen-bond donors (Lipinski definition) is 1. The number of piperazine rings is 1. The van der Waals surface area contributed by atoms with Crippen molar-refractivity contribution in [3.8, 4) is 0 Å². The Labute approximate surface area is 142 Å². The Morgan fingerprint density at radius 3 is 2.48 bits per heavy atom. The van der Waals surface area contributed by atoms with Crippen LogP contribution in [-0.2, 0) is 9.59 Å². The van der Waals surface area contributed by atoms with Crippen LogP contribution in [0.4, 0.5) is 5.69 Å². The lowest BCUT2D eigenvalue weighted by Gasteiger charge is -2.35. The van der Waals surface area contributed by atoms with Gasteiger partial charge < -0.3 is 10.2 Å². The highest BCUT2D eigenvalue weighted by atomic mass is 35.5. The van der Waals surface area contributed by atoms with Gasteiger partial charge in [0.25, 0.3) is 0 Å². The highest BCUT2D eigenvalue weighted by Crippen LogP contribution is 2.20. The van der Waals surface area contributed by atoms with Crippen LogP contribution >= 0.6 is 11.6 Å². The van der Waals surface area contributed by atoms with E-state index in [-0.39, 0.29) is 17.7 Å². The number of carbonyl (C=O) groups excluding carboxylic acids is 2. The summed E-state index contributed by atoms with van der Waals surface area (Å²) in [5.41, 5.74) is 0.629. The van der Waals surface area contributed by atoms with Crippen molar-refractivity contribution in [1.82, 2.24) is 9.80 Å². The number of rotatable bonds is 5. The average Bonchev–Trinajstić information content (AvgIpc) is 2.56. The Morgan fingerprint density at radius 2 is 1.87 bits per heavy atom. The van der Waals surface area contributed by atoms with Crippen molar-refractivity contribution in [2.75, 3.05) is 38.0 Å². The molecule has 0 unspecified atom stereocenters. The number of halogens is 1. The summed E-state index contributed by atoms with van der Waals surface area (Å²) in [6.45, 7) is 7.11. The van der Waals surface area contributed by atoms with Crippen molar-refractivity contribution in [1.29, 1.82) is 0 Å². The van der Waals surface area contributed by atoms with Gasteiger partial charge in [0.2, 0.25) is 11.8 Å². The number of nitrogens with one attached hydrogen (secondary N) is 1. The molecule has 1 aliphatic heterocycles. The van der Waals surface area contributed by atoms with E-state index in [0.29, 0.717) is 30.3 Å². The summed E-state index contributed by atoms with van der Waals surface area (Å²) in [6, 6.07) is 7.19. The van der Waals surface area contributed by atoms with Crippen LogP contribution in [0.25, 0.3) is 0 Å². The molecule has 0 spiro atoms. The van der Waals surface area contributed by atoms with Crippen molar-refractivity contribution in [3.63, 3.8) is 0 Å². The standard InChI is InChI=1S/C17H24ClN3O2/c1-3-13(2)17(23)21-10-8-20(9-11-21)12-16(22)19-15-7-5-4-6-14(15)18/h4-7,13H,3,8-12H2,1-2H3,(H,19,22)/t13-/m1/s1. The molecular weight excluding hydrogens is 314 g/mol. The second kappa shape index (κ2) is 8.31. The Morgan fingerprint density at radius 1 is 1.22 bits per heavy atom. The van der Waals surface area contributed by atoms with Gasteiger partial charge in [0.15, 0.2) is 0 Å². The predicted molar refractivity (Wildman–Crippen MR) is 92.6 cm³/mol. The SMILES string of the molecule is CC[C@@H](C)C(=O)N1CCN(CC(=O)Nc2ccccc2Cl)CC1. The lowest BCUT2D eigenvalue weighted by Crippen LogP contribution is -2.51. The first kappa shape index (κ1) is 17.8. The Bertz CT molecular complexity index is 557. The van der Waals surface area contributed by atoms with Gasteiger partial charge in [-0.3, -0.25) is 14.5 Å². The molecule has 1 N–H and O–H groups in total. The van der Waals surface area contributed by atoms with E-state index in [9.17, 15) is 9.59 Å². The van der Waals surface area contributed by atoms with Crippen molar-refractivity contribution in [3.05, 3.63) is 29.3 Å². The molecule has 1 aromatic carbocycles. The minimum atomic E-state index is -0.0835. The van der Waals surface area contributed by atoms with Gasteiger partial charge in [-0.15, -0.1) is 0 Å². The monoisotopic (exact) mass is 337 g/mol. The molecule has 0 radical (unpaired) electrons.